The molecule has 1 aromatic carbocycles. The maximum absolute atomic E-state index is 12.3. The van der Waals surface area contributed by atoms with Crippen molar-refractivity contribution in [2.45, 2.75) is 33.2 Å². The number of nitrogens with zero attached hydrogens (tertiary/aromatic N) is 1. The molecule has 1 heterocycles. The molecule has 120 valence electrons. The lowest BCUT2D eigenvalue weighted by molar-refractivity contribution is 0.0938. The summed E-state index contributed by atoms with van der Waals surface area (Å²) in [4.78, 5) is 28.3. The number of carbonyl (C=O) groups excluding carboxylic acids is 2. The number of aromatic nitrogens is 1. The maximum atomic E-state index is 12.3. The van der Waals surface area contributed by atoms with Crippen LogP contribution >= 0.6 is 0 Å². The zero-order valence-corrected chi connectivity index (χ0v) is 13.6. The molecule has 0 aliphatic heterocycles. The summed E-state index contributed by atoms with van der Waals surface area (Å²) in [5.74, 6) is -0.629. The average molecular weight is 311 g/mol. The van der Waals surface area contributed by atoms with Crippen molar-refractivity contribution in [3.8, 4) is 0 Å². The van der Waals surface area contributed by atoms with Gasteiger partial charge in [0.2, 0.25) is 0 Å². The van der Waals surface area contributed by atoms with Gasteiger partial charge in [0.1, 0.15) is 11.4 Å². The van der Waals surface area contributed by atoms with Crippen molar-refractivity contribution < 1.29 is 9.59 Å². The summed E-state index contributed by atoms with van der Waals surface area (Å²) in [6.07, 6.45) is 0.947. The summed E-state index contributed by atoms with van der Waals surface area (Å²) in [6, 6.07) is 12.5. The number of nitrogens with one attached hydrogen (secondary N) is 2. The van der Waals surface area contributed by atoms with Gasteiger partial charge in [-0.15, -0.1) is 0 Å². The number of amides is 2. The van der Waals surface area contributed by atoms with Gasteiger partial charge in [-0.2, -0.15) is 0 Å². The van der Waals surface area contributed by atoms with Gasteiger partial charge in [-0.3, -0.25) is 9.59 Å². The molecule has 0 radical (unpaired) electrons. The second kappa shape index (κ2) is 7.54. The SMILES string of the molecule is CCc1ccc(NC(=O)c2cccc(C(=O)NC(C)C)n2)cc1. The Kier molecular flexibility index (Phi) is 5.46. The second-order valence-electron chi connectivity index (χ2n) is 5.54. The predicted octanol–water partition coefficient (Wildman–Crippen LogP) is 3.03. The number of hydrogen-bond donors (Lipinski definition) is 2. The molecular weight excluding hydrogens is 290 g/mol. The quantitative estimate of drug-likeness (QED) is 0.891. The number of rotatable bonds is 5. The zero-order valence-electron chi connectivity index (χ0n) is 13.6. The van der Waals surface area contributed by atoms with Crippen molar-refractivity contribution in [3.63, 3.8) is 0 Å². The largest absolute Gasteiger partial charge is 0.349 e. The molecule has 2 N–H and O–H groups in total. The molecule has 0 atom stereocenters. The maximum Gasteiger partial charge on any atom is 0.274 e. The van der Waals surface area contributed by atoms with E-state index < -0.39 is 0 Å². The van der Waals surface area contributed by atoms with E-state index in [-0.39, 0.29) is 29.2 Å². The lowest BCUT2D eigenvalue weighted by atomic mass is 10.1. The van der Waals surface area contributed by atoms with Gasteiger partial charge in [0.25, 0.3) is 11.8 Å². The van der Waals surface area contributed by atoms with E-state index >= 15 is 0 Å². The number of carbonyl (C=O) groups is 2. The first kappa shape index (κ1) is 16.7. The van der Waals surface area contributed by atoms with Crippen LogP contribution in [0, 0.1) is 0 Å². The zero-order chi connectivity index (χ0) is 16.8. The third-order valence-electron chi connectivity index (χ3n) is 3.25. The van der Waals surface area contributed by atoms with Gasteiger partial charge in [0.05, 0.1) is 0 Å². The topological polar surface area (TPSA) is 71.1 Å². The Morgan fingerprint density at radius 3 is 2.17 bits per heavy atom. The molecule has 0 spiro atoms. The van der Waals surface area contributed by atoms with E-state index in [4.69, 9.17) is 0 Å². The van der Waals surface area contributed by atoms with E-state index in [1.54, 1.807) is 18.2 Å². The van der Waals surface area contributed by atoms with Crippen LogP contribution in [0.25, 0.3) is 0 Å². The lowest BCUT2D eigenvalue weighted by Crippen LogP contribution is -2.31. The van der Waals surface area contributed by atoms with Crippen LogP contribution in [-0.4, -0.2) is 22.8 Å². The molecule has 0 aliphatic rings. The van der Waals surface area contributed by atoms with Gasteiger partial charge in [-0.05, 0) is 50.1 Å². The van der Waals surface area contributed by atoms with E-state index in [1.807, 2.05) is 38.1 Å². The van der Waals surface area contributed by atoms with Gasteiger partial charge in [-0.25, -0.2) is 4.98 Å². The molecule has 0 bridgehead atoms. The summed E-state index contributed by atoms with van der Waals surface area (Å²) in [6.45, 7) is 5.81. The van der Waals surface area contributed by atoms with Crippen molar-refractivity contribution in [2.24, 2.45) is 0 Å². The smallest absolute Gasteiger partial charge is 0.274 e. The van der Waals surface area contributed by atoms with Crippen molar-refractivity contribution in [3.05, 3.63) is 59.4 Å². The molecule has 23 heavy (non-hydrogen) atoms. The minimum atomic E-state index is -0.339. The van der Waals surface area contributed by atoms with Gasteiger partial charge in [-0.1, -0.05) is 25.1 Å². The first-order chi connectivity index (χ1) is 11.0. The van der Waals surface area contributed by atoms with Gasteiger partial charge in [0.15, 0.2) is 0 Å². The summed E-state index contributed by atoms with van der Waals surface area (Å²) >= 11 is 0. The van der Waals surface area contributed by atoms with Crippen LogP contribution < -0.4 is 10.6 Å². The van der Waals surface area contributed by atoms with Crippen LogP contribution in [0.1, 0.15) is 47.3 Å². The Bertz CT molecular complexity index is 694. The molecule has 0 saturated heterocycles. The summed E-state index contributed by atoms with van der Waals surface area (Å²) in [5.41, 5.74) is 2.34. The highest BCUT2D eigenvalue weighted by Crippen LogP contribution is 2.11. The molecule has 0 aliphatic carbocycles. The van der Waals surface area contributed by atoms with E-state index in [0.717, 1.165) is 6.42 Å². The molecule has 2 amide bonds. The third kappa shape index (κ3) is 4.64. The van der Waals surface area contributed by atoms with Gasteiger partial charge in [0, 0.05) is 11.7 Å². The molecule has 2 aromatic rings. The van der Waals surface area contributed by atoms with E-state index in [9.17, 15) is 9.59 Å². The highest BCUT2D eigenvalue weighted by molar-refractivity contribution is 6.03. The number of benzene rings is 1. The molecule has 1 aromatic heterocycles. The van der Waals surface area contributed by atoms with Crippen LogP contribution in [0.15, 0.2) is 42.5 Å². The van der Waals surface area contributed by atoms with Crippen molar-refractivity contribution in [1.29, 1.82) is 0 Å². The van der Waals surface area contributed by atoms with Crippen LogP contribution in [-0.2, 0) is 6.42 Å². The first-order valence-electron chi connectivity index (χ1n) is 7.67. The minimum absolute atomic E-state index is 0.0128. The highest BCUT2D eigenvalue weighted by Gasteiger charge is 2.13. The van der Waals surface area contributed by atoms with Crippen molar-refractivity contribution >= 4 is 17.5 Å². The third-order valence-corrected chi connectivity index (χ3v) is 3.25. The molecular formula is C18H21N3O2. The van der Waals surface area contributed by atoms with E-state index in [0.29, 0.717) is 5.69 Å². The fraction of sp³-hybridized carbons (Fsp3) is 0.278. The predicted molar refractivity (Wildman–Crippen MR) is 90.6 cm³/mol. The Balaban J connectivity index is 2.11. The Labute approximate surface area is 136 Å². The minimum Gasteiger partial charge on any atom is -0.349 e. The van der Waals surface area contributed by atoms with Crippen molar-refractivity contribution in [1.82, 2.24) is 10.3 Å². The highest BCUT2D eigenvalue weighted by atomic mass is 16.2. The molecule has 5 nitrogen and oxygen atoms in total. The summed E-state index contributed by atoms with van der Waals surface area (Å²) in [5, 5.41) is 5.54. The molecule has 5 heteroatoms. The Morgan fingerprint density at radius 2 is 1.61 bits per heavy atom. The van der Waals surface area contributed by atoms with Crippen LogP contribution in [0.4, 0.5) is 5.69 Å². The fourth-order valence-electron chi connectivity index (χ4n) is 2.04. The Hall–Kier alpha value is -2.69. The fourth-order valence-corrected chi connectivity index (χ4v) is 2.04. The average Bonchev–Trinajstić information content (AvgIpc) is 2.55. The van der Waals surface area contributed by atoms with E-state index in [1.165, 1.54) is 5.56 Å². The normalized spacial score (nSPS) is 10.4. The molecule has 0 saturated carbocycles. The van der Waals surface area contributed by atoms with Crippen LogP contribution in [0.5, 0.6) is 0 Å². The van der Waals surface area contributed by atoms with E-state index in [2.05, 4.69) is 22.5 Å². The molecule has 0 unspecified atom stereocenters. The number of anilines is 1. The summed E-state index contributed by atoms with van der Waals surface area (Å²) < 4.78 is 0. The number of pyridine rings is 1. The lowest BCUT2D eigenvalue weighted by Gasteiger charge is -2.09. The van der Waals surface area contributed by atoms with Gasteiger partial charge >= 0.3 is 0 Å². The first-order valence-corrected chi connectivity index (χ1v) is 7.67. The standard InChI is InChI=1S/C18H21N3O2/c1-4-13-8-10-14(11-9-13)20-18(23)16-7-5-6-15(21-16)17(22)19-12(2)3/h5-12H,4H2,1-3H3,(H,19,22)(H,20,23). The van der Waals surface area contributed by atoms with Crippen molar-refractivity contribution in [2.75, 3.05) is 5.32 Å². The number of hydrogen-bond acceptors (Lipinski definition) is 3. The van der Waals surface area contributed by atoms with Gasteiger partial charge < -0.3 is 10.6 Å². The molecule has 2 rings (SSSR count). The summed E-state index contributed by atoms with van der Waals surface area (Å²) in [7, 11) is 0. The Morgan fingerprint density at radius 1 is 1.00 bits per heavy atom. The monoisotopic (exact) mass is 311 g/mol. The molecule has 0 fully saturated rings. The number of aryl methyl sites for hydroxylation is 1. The second-order valence-corrected chi connectivity index (χ2v) is 5.54. The van der Waals surface area contributed by atoms with Crippen LogP contribution in [0.2, 0.25) is 0 Å². The van der Waals surface area contributed by atoms with Crippen LogP contribution in [0.3, 0.4) is 0 Å².